The Bertz CT molecular complexity index is 169. The van der Waals surface area contributed by atoms with Crippen molar-refractivity contribution in [3.8, 4) is 0 Å². The van der Waals surface area contributed by atoms with Crippen LogP contribution in [0.5, 0.6) is 0 Å². The number of unbranched alkanes of at least 4 members (excludes halogenated alkanes) is 3. The highest BCUT2D eigenvalue weighted by molar-refractivity contribution is 5.81. The van der Waals surface area contributed by atoms with Gasteiger partial charge in [-0.1, -0.05) is 40.0 Å². The van der Waals surface area contributed by atoms with E-state index in [1.165, 1.54) is 19.3 Å². The normalized spacial score (nSPS) is 12.9. The van der Waals surface area contributed by atoms with Gasteiger partial charge in [0.1, 0.15) is 0 Å². The fourth-order valence-corrected chi connectivity index (χ4v) is 1.51. The van der Waals surface area contributed by atoms with Crippen molar-refractivity contribution in [2.75, 3.05) is 6.54 Å². The molecule has 3 nitrogen and oxygen atoms in total. The van der Waals surface area contributed by atoms with Crippen LogP contribution in [-0.2, 0) is 4.79 Å². The molecule has 0 aliphatic rings. The van der Waals surface area contributed by atoms with Crippen molar-refractivity contribution in [1.82, 2.24) is 5.32 Å². The van der Waals surface area contributed by atoms with Crippen molar-refractivity contribution >= 4 is 5.91 Å². The molecular weight excluding hydrogens is 188 g/mol. The average molecular weight is 214 g/mol. The molecule has 0 rings (SSSR count). The molecule has 0 heterocycles. The van der Waals surface area contributed by atoms with E-state index in [4.69, 9.17) is 5.73 Å². The van der Waals surface area contributed by atoms with E-state index in [2.05, 4.69) is 26.1 Å². The lowest BCUT2D eigenvalue weighted by Gasteiger charge is -2.13. The van der Waals surface area contributed by atoms with Gasteiger partial charge in [0, 0.05) is 6.54 Å². The predicted molar refractivity (Wildman–Crippen MR) is 64.6 cm³/mol. The summed E-state index contributed by atoms with van der Waals surface area (Å²) < 4.78 is 0. The van der Waals surface area contributed by atoms with Crippen LogP contribution in [0.4, 0.5) is 0 Å². The first kappa shape index (κ1) is 14.4. The topological polar surface area (TPSA) is 55.1 Å². The van der Waals surface area contributed by atoms with Crippen molar-refractivity contribution in [2.45, 2.75) is 58.9 Å². The second-order valence-electron chi connectivity index (χ2n) is 4.59. The van der Waals surface area contributed by atoms with Crippen LogP contribution in [0.2, 0.25) is 0 Å². The molecule has 0 aliphatic carbocycles. The molecule has 1 amide bonds. The van der Waals surface area contributed by atoms with Crippen molar-refractivity contribution in [3.05, 3.63) is 0 Å². The van der Waals surface area contributed by atoms with Crippen LogP contribution < -0.4 is 11.1 Å². The first-order valence-corrected chi connectivity index (χ1v) is 6.11. The molecule has 15 heavy (non-hydrogen) atoms. The third-order valence-electron chi connectivity index (χ3n) is 2.39. The molecule has 0 saturated carbocycles. The minimum Gasteiger partial charge on any atom is -0.355 e. The number of hydrogen-bond donors (Lipinski definition) is 2. The Labute approximate surface area is 93.8 Å². The molecule has 1 unspecified atom stereocenters. The molecule has 0 aromatic rings. The van der Waals surface area contributed by atoms with Crippen LogP contribution >= 0.6 is 0 Å². The number of carbonyl (C=O) groups is 1. The molecule has 0 saturated heterocycles. The second kappa shape index (κ2) is 8.72. The molecule has 0 aliphatic heterocycles. The van der Waals surface area contributed by atoms with Crippen molar-refractivity contribution < 1.29 is 4.79 Å². The zero-order valence-corrected chi connectivity index (χ0v) is 10.4. The Kier molecular flexibility index (Phi) is 8.38. The Morgan fingerprint density at radius 2 is 1.93 bits per heavy atom. The van der Waals surface area contributed by atoms with E-state index >= 15 is 0 Å². The summed E-state index contributed by atoms with van der Waals surface area (Å²) in [5.41, 5.74) is 5.75. The fourth-order valence-electron chi connectivity index (χ4n) is 1.51. The van der Waals surface area contributed by atoms with Gasteiger partial charge in [0.15, 0.2) is 0 Å². The molecule has 3 heteroatoms. The van der Waals surface area contributed by atoms with Gasteiger partial charge < -0.3 is 11.1 Å². The SMILES string of the molecule is CCCCCCNC(=O)C(N)CC(C)C. The molecular formula is C12H26N2O. The van der Waals surface area contributed by atoms with Gasteiger partial charge >= 0.3 is 0 Å². The molecule has 0 aromatic carbocycles. The third-order valence-corrected chi connectivity index (χ3v) is 2.39. The molecule has 3 N–H and O–H groups in total. The summed E-state index contributed by atoms with van der Waals surface area (Å²) in [6.45, 7) is 7.10. The number of nitrogens with one attached hydrogen (secondary N) is 1. The lowest BCUT2D eigenvalue weighted by atomic mass is 10.0. The van der Waals surface area contributed by atoms with Gasteiger partial charge in [-0.25, -0.2) is 0 Å². The van der Waals surface area contributed by atoms with Crippen LogP contribution in [0.1, 0.15) is 52.9 Å². The number of nitrogens with two attached hydrogens (primary N) is 1. The van der Waals surface area contributed by atoms with E-state index in [0.29, 0.717) is 5.92 Å². The summed E-state index contributed by atoms with van der Waals surface area (Å²) >= 11 is 0. The van der Waals surface area contributed by atoms with Gasteiger partial charge in [0.05, 0.1) is 6.04 Å². The van der Waals surface area contributed by atoms with E-state index in [9.17, 15) is 4.79 Å². The van der Waals surface area contributed by atoms with Gasteiger partial charge in [-0.2, -0.15) is 0 Å². The van der Waals surface area contributed by atoms with Gasteiger partial charge in [0.2, 0.25) is 5.91 Å². The van der Waals surface area contributed by atoms with E-state index in [1.807, 2.05) is 0 Å². The van der Waals surface area contributed by atoms with Crippen LogP contribution in [0.3, 0.4) is 0 Å². The quantitative estimate of drug-likeness (QED) is 0.608. The molecule has 0 bridgehead atoms. The summed E-state index contributed by atoms with van der Waals surface area (Å²) in [4.78, 5) is 11.5. The number of carbonyl (C=O) groups excluding carboxylic acids is 1. The summed E-state index contributed by atoms with van der Waals surface area (Å²) in [7, 11) is 0. The second-order valence-corrected chi connectivity index (χ2v) is 4.59. The van der Waals surface area contributed by atoms with Crippen molar-refractivity contribution in [2.24, 2.45) is 11.7 Å². The summed E-state index contributed by atoms with van der Waals surface area (Å²) in [5, 5.41) is 2.88. The Hall–Kier alpha value is -0.570. The van der Waals surface area contributed by atoms with Crippen LogP contribution in [0.25, 0.3) is 0 Å². The van der Waals surface area contributed by atoms with Gasteiger partial charge in [0.25, 0.3) is 0 Å². The molecule has 0 spiro atoms. The van der Waals surface area contributed by atoms with Gasteiger partial charge in [-0.3, -0.25) is 4.79 Å². The monoisotopic (exact) mass is 214 g/mol. The maximum absolute atomic E-state index is 11.5. The van der Waals surface area contributed by atoms with Crippen molar-refractivity contribution in [3.63, 3.8) is 0 Å². The number of hydrogen-bond acceptors (Lipinski definition) is 2. The van der Waals surface area contributed by atoms with Crippen LogP contribution in [-0.4, -0.2) is 18.5 Å². The van der Waals surface area contributed by atoms with E-state index in [-0.39, 0.29) is 11.9 Å². The predicted octanol–water partition coefficient (Wildman–Crippen LogP) is 2.06. The standard InChI is InChI=1S/C12H26N2O/c1-4-5-6-7-8-14-12(15)11(13)9-10(2)3/h10-11H,4-9,13H2,1-3H3,(H,14,15). The Morgan fingerprint density at radius 3 is 2.47 bits per heavy atom. The molecule has 0 aromatic heterocycles. The zero-order valence-electron chi connectivity index (χ0n) is 10.4. The zero-order chi connectivity index (χ0) is 11.7. The summed E-state index contributed by atoms with van der Waals surface area (Å²) in [5.74, 6) is 0.478. The van der Waals surface area contributed by atoms with Gasteiger partial charge in [-0.15, -0.1) is 0 Å². The highest BCUT2D eigenvalue weighted by atomic mass is 16.2. The highest BCUT2D eigenvalue weighted by Gasteiger charge is 2.13. The maximum Gasteiger partial charge on any atom is 0.236 e. The van der Waals surface area contributed by atoms with E-state index in [1.54, 1.807) is 0 Å². The first-order chi connectivity index (χ1) is 7.07. The van der Waals surface area contributed by atoms with E-state index in [0.717, 1.165) is 19.4 Å². The van der Waals surface area contributed by atoms with E-state index < -0.39 is 0 Å². The third kappa shape index (κ3) is 8.43. The minimum absolute atomic E-state index is 0.000184. The smallest absolute Gasteiger partial charge is 0.236 e. The summed E-state index contributed by atoms with van der Waals surface area (Å²) in [6, 6.07) is -0.337. The Morgan fingerprint density at radius 1 is 1.27 bits per heavy atom. The maximum atomic E-state index is 11.5. The lowest BCUT2D eigenvalue weighted by molar-refractivity contribution is -0.122. The van der Waals surface area contributed by atoms with Crippen LogP contribution in [0, 0.1) is 5.92 Å². The largest absolute Gasteiger partial charge is 0.355 e. The van der Waals surface area contributed by atoms with Crippen LogP contribution in [0.15, 0.2) is 0 Å². The lowest BCUT2D eigenvalue weighted by Crippen LogP contribution is -2.41. The van der Waals surface area contributed by atoms with Gasteiger partial charge in [-0.05, 0) is 18.8 Å². The molecule has 0 fully saturated rings. The highest BCUT2D eigenvalue weighted by Crippen LogP contribution is 2.02. The molecule has 0 radical (unpaired) electrons. The summed E-state index contributed by atoms with van der Waals surface area (Å²) in [6.07, 6.45) is 5.49. The first-order valence-electron chi connectivity index (χ1n) is 6.11. The van der Waals surface area contributed by atoms with Crippen molar-refractivity contribution in [1.29, 1.82) is 0 Å². The number of amides is 1. The Balaban J connectivity index is 3.47. The molecule has 90 valence electrons. The average Bonchev–Trinajstić information content (AvgIpc) is 2.16. The minimum atomic E-state index is -0.337. The molecule has 1 atom stereocenters. The fraction of sp³-hybridized carbons (Fsp3) is 0.917. The number of rotatable bonds is 8.